The predicted molar refractivity (Wildman–Crippen MR) is 57.3 cm³/mol. The first-order valence-electron chi connectivity index (χ1n) is 5.03. The van der Waals surface area contributed by atoms with E-state index in [2.05, 4.69) is 0 Å². The van der Waals surface area contributed by atoms with Gasteiger partial charge in [0.05, 0.1) is 6.26 Å². The number of ether oxygens (including phenoxy) is 1. The van der Waals surface area contributed by atoms with Crippen molar-refractivity contribution < 1.29 is 17.9 Å². The van der Waals surface area contributed by atoms with Gasteiger partial charge in [0.15, 0.2) is 11.6 Å². The maximum Gasteiger partial charge on any atom is 0.167 e. The van der Waals surface area contributed by atoms with Crippen LogP contribution >= 0.6 is 0 Å². The molecule has 0 aliphatic rings. The van der Waals surface area contributed by atoms with Gasteiger partial charge < -0.3 is 14.9 Å². The van der Waals surface area contributed by atoms with Gasteiger partial charge in [-0.2, -0.15) is 0 Å². The molecule has 3 nitrogen and oxygen atoms in total. The molecule has 0 spiro atoms. The summed E-state index contributed by atoms with van der Waals surface area (Å²) >= 11 is 0. The van der Waals surface area contributed by atoms with Crippen molar-refractivity contribution in [1.29, 1.82) is 0 Å². The molecule has 2 aromatic rings. The molecule has 5 heteroatoms. The van der Waals surface area contributed by atoms with E-state index in [0.717, 1.165) is 17.7 Å². The van der Waals surface area contributed by atoms with E-state index < -0.39 is 11.6 Å². The zero-order valence-corrected chi connectivity index (χ0v) is 8.95. The minimum Gasteiger partial charge on any atom is -0.483 e. The van der Waals surface area contributed by atoms with E-state index >= 15 is 0 Å². The van der Waals surface area contributed by atoms with Crippen molar-refractivity contribution in [3.05, 3.63) is 53.5 Å². The van der Waals surface area contributed by atoms with Crippen LogP contribution in [-0.4, -0.2) is 0 Å². The molecular weight excluding hydrogens is 228 g/mol. The molecule has 0 aliphatic carbocycles. The highest BCUT2D eigenvalue weighted by Gasteiger charge is 2.06. The number of hydrogen-bond acceptors (Lipinski definition) is 3. The zero-order chi connectivity index (χ0) is 12.3. The van der Waals surface area contributed by atoms with Crippen molar-refractivity contribution in [2.75, 3.05) is 0 Å². The molecule has 1 aromatic heterocycles. The van der Waals surface area contributed by atoms with Crippen LogP contribution in [0.25, 0.3) is 0 Å². The molecule has 0 radical (unpaired) electrons. The SMILES string of the molecule is NCc1coc(COc2ccc(F)cc2F)c1. The van der Waals surface area contributed by atoms with Crippen molar-refractivity contribution in [2.45, 2.75) is 13.2 Å². The van der Waals surface area contributed by atoms with E-state index in [0.29, 0.717) is 12.3 Å². The summed E-state index contributed by atoms with van der Waals surface area (Å²) in [6, 6.07) is 4.85. The van der Waals surface area contributed by atoms with Gasteiger partial charge in [0.1, 0.15) is 18.2 Å². The van der Waals surface area contributed by atoms with Gasteiger partial charge in [-0.25, -0.2) is 8.78 Å². The Kier molecular flexibility index (Phi) is 3.39. The lowest BCUT2D eigenvalue weighted by atomic mass is 10.3. The van der Waals surface area contributed by atoms with E-state index in [9.17, 15) is 8.78 Å². The van der Waals surface area contributed by atoms with Gasteiger partial charge >= 0.3 is 0 Å². The van der Waals surface area contributed by atoms with Gasteiger partial charge in [-0.3, -0.25) is 0 Å². The molecule has 2 N–H and O–H groups in total. The third kappa shape index (κ3) is 2.82. The van der Waals surface area contributed by atoms with Crippen molar-refractivity contribution in [1.82, 2.24) is 0 Å². The fourth-order valence-corrected chi connectivity index (χ4v) is 1.35. The number of halogens is 2. The first-order valence-corrected chi connectivity index (χ1v) is 5.03. The molecule has 2 rings (SSSR count). The van der Waals surface area contributed by atoms with Gasteiger partial charge in [0.25, 0.3) is 0 Å². The van der Waals surface area contributed by atoms with E-state index in [4.69, 9.17) is 14.9 Å². The van der Waals surface area contributed by atoms with Gasteiger partial charge in [-0.1, -0.05) is 0 Å². The van der Waals surface area contributed by atoms with Crippen LogP contribution in [0.15, 0.2) is 34.9 Å². The minimum atomic E-state index is -0.740. The maximum atomic E-state index is 13.2. The van der Waals surface area contributed by atoms with E-state index in [1.807, 2.05) is 0 Å². The van der Waals surface area contributed by atoms with Gasteiger partial charge in [0.2, 0.25) is 0 Å². The summed E-state index contributed by atoms with van der Waals surface area (Å²) in [5.41, 5.74) is 6.24. The number of nitrogens with two attached hydrogens (primary N) is 1. The minimum absolute atomic E-state index is 0.0166. The number of furan rings is 1. The first-order chi connectivity index (χ1) is 8.19. The zero-order valence-electron chi connectivity index (χ0n) is 8.95. The molecule has 0 aliphatic heterocycles. The second-order valence-corrected chi connectivity index (χ2v) is 3.49. The lowest BCUT2D eigenvalue weighted by molar-refractivity contribution is 0.258. The highest BCUT2D eigenvalue weighted by molar-refractivity contribution is 5.25. The normalized spacial score (nSPS) is 10.5. The number of hydrogen-bond donors (Lipinski definition) is 1. The Balaban J connectivity index is 2.02. The van der Waals surface area contributed by atoms with Crippen LogP contribution in [0.4, 0.5) is 8.78 Å². The van der Waals surface area contributed by atoms with Crippen molar-refractivity contribution >= 4 is 0 Å². The summed E-state index contributed by atoms with van der Waals surface area (Å²) in [5, 5.41) is 0. The Labute approximate surface area is 96.8 Å². The lowest BCUT2D eigenvalue weighted by Gasteiger charge is -2.04. The number of benzene rings is 1. The van der Waals surface area contributed by atoms with Crippen molar-refractivity contribution in [2.24, 2.45) is 5.73 Å². The summed E-state index contributed by atoms with van der Waals surface area (Å²) in [5.74, 6) is -0.861. The van der Waals surface area contributed by atoms with Crippen LogP contribution in [0.2, 0.25) is 0 Å². The molecule has 0 atom stereocenters. The van der Waals surface area contributed by atoms with Gasteiger partial charge in [0, 0.05) is 18.2 Å². The maximum absolute atomic E-state index is 13.2. The molecule has 1 heterocycles. The summed E-state index contributed by atoms with van der Waals surface area (Å²) < 4.78 is 36.1. The molecule has 0 amide bonds. The third-order valence-electron chi connectivity index (χ3n) is 2.21. The first kappa shape index (κ1) is 11.6. The Bertz CT molecular complexity index is 511. The Morgan fingerprint density at radius 1 is 1.24 bits per heavy atom. The summed E-state index contributed by atoms with van der Waals surface area (Å²) in [6.45, 7) is 0.441. The fourth-order valence-electron chi connectivity index (χ4n) is 1.35. The molecular formula is C12H11F2NO2. The van der Waals surface area contributed by atoms with E-state index in [1.54, 1.807) is 6.07 Å². The largest absolute Gasteiger partial charge is 0.483 e. The topological polar surface area (TPSA) is 48.4 Å². The molecule has 1 aromatic carbocycles. The van der Waals surface area contributed by atoms with Crippen molar-refractivity contribution in [3.8, 4) is 5.75 Å². The highest BCUT2D eigenvalue weighted by atomic mass is 19.1. The quantitative estimate of drug-likeness (QED) is 0.892. The van der Waals surface area contributed by atoms with Crippen LogP contribution in [0, 0.1) is 11.6 Å². The van der Waals surface area contributed by atoms with Crippen LogP contribution in [0.1, 0.15) is 11.3 Å². The molecule has 0 fully saturated rings. The third-order valence-corrected chi connectivity index (χ3v) is 2.21. The van der Waals surface area contributed by atoms with Crippen LogP contribution < -0.4 is 10.5 Å². The monoisotopic (exact) mass is 239 g/mol. The average molecular weight is 239 g/mol. The fraction of sp³-hybridized carbons (Fsp3) is 0.167. The standard InChI is InChI=1S/C12H11F2NO2/c13-9-1-2-12(11(14)4-9)17-7-10-3-8(5-15)6-16-10/h1-4,6H,5,7,15H2. The van der Waals surface area contributed by atoms with E-state index in [1.165, 1.54) is 12.3 Å². The Morgan fingerprint density at radius 2 is 2.06 bits per heavy atom. The molecule has 17 heavy (non-hydrogen) atoms. The number of rotatable bonds is 4. The van der Waals surface area contributed by atoms with Crippen LogP contribution in [0.5, 0.6) is 5.75 Å². The Morgan fingerprint density at radius 3 is 2.71 bits per heavy atom. The summed E-state index contributed by atoms with van der Waals surface area (Å²) in [4.78, 5) is 0. The molecule has 0 saturated heterocycles. The smallest absolute Gasteiger partial charge is 0.167 e. The summed E-state index contributed by atoms with van der Waals surface area (Å²) in [7, 11) is 0. The summed E-state index contributed by atoms with van der Waals surface area (Å²) in [6.07, 6.45) is 1.51. The van der Waals surface area contributed by atoms with Gasteiger partial charge in [-0.15, -0.1) is 0 Å². The highest BCUT2D eigenvalue weighted by Crippen LogP contribution is 2.19. The predicted octanol–water partition coefficient (Wildman–Crippen LogP) is 2.60. The van der Waals surface area contributed by atoms with Crippen LogP contribution in [0.3, 0.4) is 0 Å². The molecule has 0 unspecified atom stereocenters. The lowest BCUT2D eigenvalue weighted by Crippen LogP contribution is -1.97. The average Bonchev–Trinajstić information content (AvgIpc) is 2.76. The molecule has 0 bridgehead atoms. The second-order valence-electron chi connectivity index (χ2n) is 3.49. The van der Waals surface area contributed by atoms with Crippen molar-refractivity contribution in [3.63, 3.8) is 0 Å². The second kappa shape index (κ2) is 4.97. The van der Waals surface area contributed by atoms with Gasteiger partial charge in [-0.05, 0) is 18.2 Å². The van der Waals surface area contributed by atoms with Crippen LogP contribution in [-0.2, 0) is 13.2 Å². The van der Waals surface area contributed by atoms with E-state index in [-0.39, 0.29) is 12.4 Å². The Hall–Kier alpha value is -1.88. The molecule has 90 valence electrons. The molecule has 0 saturated carbocycles.